The number of aryl methyl sites for hydroxylation is 1. The van der Waals surface area contributed by atoms with Crippen LogP contribution in [0.5, 0.6) is 0 Å². The number of amides is 1. The summed E-state index contributed by atoms with van der Waals surface area (Å²) in [4.78, 5) is 17.9. The molecule has 18 heavy (non-hydrogen) atoms. The molecule has 1 amide bonds. The number of cyclic esters (lactones) is 1. The highest BCUT2D eigenvalue weighted by Gasteiger charge is 2.41. The lowest BCUT2D eigenvalue weighted by Crippen LogP contribution is -2.39. The Kier molecular flexibility index (Phi) is 3.55. The number of rotatable bonds is 3. The summed E-state index contributed by atoms with van der Waals surface area (Å²) in [7, 11) is 0. The van der Waals surface area contributed by atoms with Gasteiger partial charge in [-0.3, -0.25) is 9.88 Å². The maximum Gasteiger partial charge on any atom is 0.411 e. The lowest BCUT2D eigenvalue weighted by atomic mass is 10.0. The van der Waals surface area contributed by atoms with E-state index in [9.17, 15) is 4.79 Å². The summed E-state index contributed by atoms with van der Waals surface area (Å²) in [5.41, 5.74) is 1.96. The Balaban J connectivity index is 2.25. The summed E-state index contributed by atoms with van der Waals surface area (Å²) in [6, 6.07) is 4.17. The zero-order valence-corrected chi connectivity index (χ0v) is 11.4. The molecular formula is C14H20N2O2. The SMILES string of the molecule is CCC(C)N1C(=O)O[C@H](c2ccnc(C)c2)[C@@H]1C. The summed E-state index contributed by atoms with van der Waals surface area (Å²) in [6.07, 6.45) is 2.29. The molecule has 1 aromatic rings. The molecular weight excluding hydrogens is 228 g/mol. The fraction of sp³-hybridized carbons (Fsp3) is 0.571. The van der Waals surface area contributed by atoms with Gasteiger partial charge < -0.3 is 4.74 Å². The fourth-order valence-electron chi connectivity index (χ4n) is 2.45. The second-order valence-electron chi connectivity index (χ2n) is 4.94. The minimum Gasteiger partial charge on any atom is -0.439 e. The van der Waals surface area contributed by atoms with Gasteiger partial charge in [0.05, 0.1) is 6.04 Å². The summed E-state index contributed by atoms with van der Waals surface area (Å²) >= 11 is 0. The molecule has 1 fully saturated rings. The number of ether oxygens (including phenoxy) is 1. The molecule has 0 saturated carbocycles. The van der Waals surface area contributed by atoms with E-state index >= 15 is 0 Å². The normalized spacial score (nSPS) is 25.1. The Labute approximate surface area is 108 Å². The summed E-state index contributed by atoms with van der Waals surface area (Å²) in [5.74, 6) is 0. The fourth-order valence-corrected chi connectivity index (χ4v) is 2.45. The smallest absolute Gasteiger partial charge is 0.411 e. The van der Waals surface area contributed by atoms with E-state index in [1.807, 2.05) is 30.9 Å². The Morgan fingerprint density at radius 2 is 2.28 bits per heavy atom. The second-order valence-corrected chi connectivity index (χ2v) is 4.94. The van der Waals surface area contributed by atoms with Crippen LogP contribution in [0.4, 0.5) is 4.79 Å². The van der Waals surface area contributed by atoms with Crippen molar-refractivity contribution in [3.8, 4) is 0 Å². The van der Waals surface area contributed by atoms with E-state index in [1.54, 1.807) is 6.20 Å². The first-order valence-electron chi connectivity index (χ1n) is 6.46. The van der Waals surface area contributed by atoms with E-state index in [4.69, 9.17) is 4.74 Å². The molecule has 0 N–H and O–H groups in total. The van der Waals surface area contributed by atoms with Crippen molar-refractivity contribution < 1.29 is 9.53 Å². The van der Waals surface area contributed by atoms with E-state index in [1.165, 1.54) is 0 Å². The van der Waals surface area contributed by atoms with Gasteiger partial charge in [-0.15, -0.1) is 0 Å². The maximum atomic E-state index is 11.9. The van der Waals surface area contributed by atoms with Crippen molar-refractivity contribution in [1.82, 2.24) is 9.88 Å². The number of hydrogen-bond acceptors (Lipinski definition) is 3. The van der Waals surface area contributed by atoms with E-state index in [0.29, 0.717) is 0 Å². The van der Waals surface area contributed by atoms with Crippen LogP contribution < -0.4 is 0 Å². The average Bonchev–Trinajstić information content (AvgIpc) is 2.64. The van der Waals surface area contributed by atoms with Crippen LogP contribution in [0.3, 0.4) is 0 Å². The van der Waals surface area contributed by atoms with Crippen LogP contribution in [0.2, 0.25) is 0 Å². The van der Waals surface area contributed by atoms with Gasteiger partial charge >= 0.3 is 6.09 Å². The number of pyridine rings is 1. The number of nitrogens with zero attached hydrogens (tertiary/aromatic N) is 2. The molecule has 0 aromatic carbocycles. The molecule has 3 atom stereocenters. The van der Waals surface area contributed by atoms with Crippen molar-refractivity contribution in [3.05, 3.63) is 29.6 Å². The minimum atomic E-state index is -0.212. The van der Waals surface area contributed by atoms with Gasteiger partial charge in [-0.1, -0.05) is 6.92 Å². The quantitative estimate of drug-likeness (QED) is 0.825. The molecule has 2 heterocycles. The average molecular weight is 248 g/mol. The third-order valence-corrected chi connectivity index (χ3v) is 3.63. The van der Waals surface area contributed by atoms with Gasteiger partial charge in [0.25, 0.3) is 0 Å². The number of hydrogen-bond donors (Lipinski definition) is 0. The van der Waals surface area contributed by atoms with E-state index in [0.717, 1.165) is 17.7 Å². The number of carbonyl (C=O) groups is 1. The lowest BCUT2D eigenvalue weighted by molar-refractivity contribution is 0.128. The molecule has 0 spiro atoms. The van der Waals surface area contributed by atoms with E-state index in [2.05, 4.69) is 18.8 Å². The van der Waals surface area contributed by atoms with Crippen LogP contribution in [-0.2, 0) is 4.74 Å². The molecule has 1 aliphatic heterocycles. The standard InChI is InChI=1S/C14H20N2O2/c1-5-10(3)16-11(4)13(18-14(16)17)12-6-7-15-9(2)8-12/h6-8,10-11,13H,5H2,1-4H3/t10?,11-,13-/m0/s1. The Hall–Kier alpha value is -1.58. The van der Waals surface area contributed by atoms with Crippen LogP contribution in [0, 0.1) is 6.92 Å². The number of aromatic nitrogens is 1. The van der Waals surface area contributed by atoms with Crippen LogP contribution in [0.25, 0.3) is 0 Å². The van der Waals surface area contributed by atoms with Gasteiger partial charge in [0.15, 0.2) is 0 Å². The molecule has 0 bridgehead atoms. The zero-order chi connectivity index (χ0) is 13.3. The molecule has 2 rings (SSSR count). The highest BCUT2D eigenvalue weighted by Crippen LogP contribution is 2.34. The van der Waals surface area contributed by atoms with Crippen LogP contribution in [0.15, 0.2) is 18.3 Å². The third-order valence-electron chi connectivity index (χ3n) is 3.63. The van der Waals surface area contributed by atoms with Crippen molar-refractivity contribution in [2.75, 3.05) is 0 Å². The highest BCUT2D eigenvalue weighted by molar-refractivity contribution is 5.71. The summed E-state index contributed by atoms with van der Waals surface area (Å²) in [5, 5.41) is 0. The first-order valence-corrected chi connectivity index (χ1v) is 6.46. The first kappa shape index (κ1) is 12.9. The topological polar surface area (TPSA) is 42.4 Å². The van der Waals surface area contributed by atoms with Crippen molar-refractivity contribution in [2.24, 2.45) is 0 Å². The summed E-state index contributed by atoms with van der Waals surface area (Å²) in [6.45, 7) is 8.11. The van der Waals surface area contributed by atoms with Gasteiger partial charge in [-0.25, -0.2) is 4.79 Å². The largest absolute Gasteiger partial charge is 0.439 e. The van der Waals surface area contributed by atoms with Crippen LogP contribution >= 0.6 is 0 Å². The molecule has 1 saturated heterocycles. The van der Waals surface area contributed by atoms with Gasteiger partial charge in [0.1, 0.15) is 6.10 Å². The minimum absolute atomic E-state index is 0.0641. The Bertz CT molecular complexity index is 447. The van der Waals surface area contributed by atoms with Gasteiger partial charge in [-0.05, 0) is 44.9 Å². The monoisotopic (exact) mass is 248 g/mol. The van der Waals surface area contributed by atoms with Crippen molar-refractivity contribution in [2.45, 2.75) is 52.3 Å². The van der Waals surface area contributed by atoms with Crippen molar-refractivity contribution in [3.63, 3.8) is 0 Å². The summed E-state index contributed by atoms with van der Waals surface area (Å²) < 4.78 is 5.51. The van der Waals surface area contributed by atoms with Gasteiger partial charge in [0.2, 0.25) is 0 Å². The molecule has 1 aliphatic rings. The predicted octanol–water partition coefficient (Wildman–Crippen LogP) is 3.07. The molecule has 0 radical (unpaired) electrons. The third kappa shape index (κ3) is 2.19. The Morgan fingerprint density at radius 3 is 2.89 bits per heavy atom. The van der Waals surface area contributed by atoms with E-state index in [-0.39, 0.29) is 24.3 Å². The van der Waals surface area contributed by atoms with Gasteiger partial charge in [-0.2, -0.15) is 0 Å². The molecule has 0 aliphatic carbocycles. The predicted molar refractivity (Wildman–Crippen MR) is 69.3 cm³/mol. The second kappa shape index (κ2) is 4.96. The number of carbonyl (C=O) groups excluding carboxylic acids is 1. The highest BCUT2D eigenvalue weighted by atomic mass is 16.6. The Morgan fingerprint density at radius 1 is 1.56 bits per heavy atom. The zero-order valence-electron chi connectivity index (χ0n) is 11.4. The van der Waals surface area contributed by atoms with Crippen LogP contribution in [-0.4, -0.2) is 28.1 Å². The van der Waals surface area contributed by atoms with Crippen molar-refractivity contribution >= 4 is 6.09 Å². The van der Waals surface area contributed by atoms with Crippen LogP contribution in [0.1, 0.15) is 44.6 Å². The van der Waals surface area contributed by atoms with Gasteiger partial charge in [0, 0.05) is 17.9 Å². The molecule has 1 unspecified atom stereocenters. The molecule has 98 valence electrons. The first-order chi connectivity index (χ1) is 8.54. The molecule has 1 aromatic heterocycles. The van der Waals surface area contributed by atoms with Crippen molar-refractivity contribution in [1.29, 1.82) is 0 Å². The lowest BCUT2D eigenvalue weighted by Gasteiger charge is -2.26. The van der Waals surface area contributed by atoms with E-state index < -0.39 is 0 Å². The molecule has 4 nitrogen and oxygen atoms in total. The molecule has 4 heteroatoms. The maximum absolute atomic E-state index is 11.9.